The summed E-state index contributed by atoms with van der Waals surface area (Å²) in [4.78, 5) is 35.7. The lowest BCUT2D eigenvalue weighted by Gasteiger charge is -2.25. The smallest absolute Gasteiger partial charge is 0.326 e. The standard InChI is InChI=1S/C12H19NO4S/c1-3-9(7-18-8(2)14)11(15)13-6-4-5-10(13)12(16)17/h9-10H,3-7H2,1-2H3,(H,16,17)/t9?,10-/m0/s1. The number of carboxylic acids is 1. The zero-order chi connectivity index (χ0) is 13.7. The van der Waals surface area contributed by atoms with Gasteiger partial charge in [-0.3, -0.25) is 9.59 Å². The third-order valence-corrected chi connectivity index (χ3v) is 4.13. The lowest BCUT2D eigenvalue weighted by molar-refractivity contribution is -0.149. The van der Waals surface area contributed by atoms with E-state index in [1.807, 2.05) is 6.92 Å². The largest absolute Gasteiger partial charge is 0.480 e. The van der Waals surface area contributed by atoms with Crippen molar-refractivity contribution >= 4 is 28.8 Å². The first-order chi connectivity index (χ1) is 8.47. The summed E-state index contributed by atoms with van der Waals surface area (Å²) >= 11 is 1.13. The Labute approximate surface area is 111 Å². The fraction of sp³-hybridized carbons (Fsp3) is 0.750. The maximum atomic E-state index is 12.2. The van der Waals surface area contributed by atoms with Crippen LogP contribution in [0.25, 0.3) is 0 Å². The molecule has 0 bridgehead atoms. The van der Waals surface area contributed by atoms with E-state index in [1.165, 1.54) is 11.8 Å². The minimum Gasteiger partial charge on any atom is -0.480 e. The summed E-state index contributed by atoms with van der Waals surface area (Å²) in [6.07, 6.45) is 1.89. The first-order valence-corrected chi connectivity index (χ1v) is 7.12. The highest BCUT2D eigenvalue weighted by molar-refractivity contribution is 8.13. The van der Waals surface area contributed by atoms with Crippen LogP contribution in [0.4, 0.5) is 0 Å². The molecule has 1 rings (SSSR count). The van der Waals surface area contributed by atoms with Crippen LogP contribution in [0.5, 0.6) is 0 Å². The number of thioether (sulfide) groups is 1. The average molecular weight is 273 g/mol. The van der Waals surface area contributed by atoms with Gasteiger partial charge in [-0.25, -0.2) is 4.79 Å². The quantitative estimate of drug-likeness (QED) is 0.818. The van der Waals surface area contributed by atoms with Gasteiger partial charge in [-0.1, -0.05) is 18.7 Å². The van der Waals surface area contributed by atoms with Gasteiger partial charge in [0.2, 0.25) is 5.91 Å². The van der Waals surface area contributed by atoms with Crippen molar-refractivity contribution in [2.45, 2.75) is 39.2 Å². The van der Waals surface area contributed by atoms with E-state index in [0.29, 0.717) is 25.1 Å². The molecule has 1 heterocycles. The molecule has 18 heavy (non-hydrogen) atoms. The van der Waals surface area contributed by atoms with Gasteiger partial charge >= 0.3 is 5.97 Å². The molecule has 0 aliphatic carbocycles. The van der Waals surface area contributed by atoms with E-state index in [4.69, 9.17) is 5.11 Å². The Morgan fingerprint density at radius 3 is 2.61 bits per heavy atom. The maximum absolute atomic E-state index is 12.2. The van der Waals surface area contributed by atoms with Crippen molar-refractivity contribution < 1.29 is 19.5 Å². The molecule has 1 saturated heterocycles. The van der Waals surface area contributed by atoms with Crippen LogP contribution in [0.1, 0.15) is 33.1 Å². The normalized spacial score (nSPS) is 20.8. The molecule has 1 aliphatic heterocycles. The monoisotopic (exact) mass is 273 g/mol. The van der Waals surface area contributed by atoms with Crippen molar-refractivity contribution in [2.24, 2.45) is 5.92 Å². The van der Waals surface area contributed by atoms with Crippen LogP contribution in [-0.4, -0.2) is 45.3 Å². The highest BCUT2D eigenvalue weighted by Crippen LogP contribution is 2.23. The van der Waals surface area contributed by atoms with Crippen molar-refractivity contribution in [1.29, 1.82) is 0 Å². The van der Waals surface area contributed by atoms with Crippen LogP contribution in [0, 0.1) is 5.92 Å². The van der Waals surface area contributed by atoms with E-state index in [2.05, 4.69) is 0 Å². The molecule has 0 spiro atoms. The summed E-state index contributed by atoms with van der Waals surface area (Å²) in [5.41, 5.74) is 0. The summed E-state index contributed by atoms with van der Waals surface area (Å²) in [5.74, 6) is -0.891. The molecule has 1 aliphatic rings. The van der Waals surface area contributed by atoms with Gasteiger partial charge in [0.1, 0.15) is 6.04 Å². The Kier molecular flexibility index (Phi) is 5.65. The summed E-state index contributed by atoms with van der Waals surface area (Å²) in [7, 11) is 0. The molecular formula is C12H19NO4S. The van der Waals surface area contributed by atoms with Crippen LogP contribution in [0.2, 0.25) is 0 Å². The van der Waals surface area contributed by atoms with Gasteiger partial charge in [0, 0.05) is 25.1 Å². The second-order valence-corrected chi connectivity index (χ2v) is 5.63. The third-order valence-electron chi connectivity index (χ3n) is 3.15. The Morgan fingerprint density at radius 2 is 2.11 bits per heavy atom. The molecule has 2 atom stereocenters. The first-order valence-electron chi connectivity index (χ1n) is 6.14. The topological polar surface area (TPSA) is 74.7 Å². The number of rotatable bonds is 5. The molecule has 0 radical (unpaired) electrons. The predicted octanol–water partition coefficient (Wildman–Crippen LogP) is 1.37. The van der Waals surface area contributed by atoms with Crippen molar-refractivity contribution in [3.8, 4) is 0 Å². The average Bonchev–Trinajstić information content (AvgIpc) is 2.77. The van der Waals surface area contributed by atoms with Gasteiger partial charge in [-0.05, 0) is 19.3 Å². The van der Waals surface area contributed by atoms with Gasteiger partial charge in [0.25, 0.3) is 0 Å². The lowest BCUT2D eigenvalue weighted by atomic mass is 10.1. The van der Waals surface area contributed by atoms with E-state index in [1.54, 1.807) is 0 Å². The van der Waals surface area contributed by atoms with Crippen molar-refractivity contribution in [2.75, 3.05) is 12.3 Å². The molecule has 0 aromatic rings. The highest BCUT2D eigenvalue weighted by atomic mass is 32.2. The van der Waals surface area contributed by atoms with Gasteiger partial charge in [0.15, 0.2) is 5.12 Å². The zero-order valence-corrected chi connectivity index (χ0v) is 11.5. The molecule has 1 amide bonds. The highest BCUT2D eigenvalue weighted by Gasteiger charge is 2.36. The van der Waals surface area contributed by atoms with Crippen LogP contribution in [0.3, 0.4) is 0 Å². The van der Waals surface area contributed by atoms with Gasteiger partial charge in [-0.2, -0.15) is 0 Å². The minimum absolute atomic E-state index is 0.0162. The Bertz CT molecular complexity index is 345. The Morgan fingerprint density at radius 1 is 1.44 bits per heavy atom. The first kappa shape index (κ1) is 15.0. The van der Waals surface area contributed by atoms with Crippen molar-refractivity contribution in [1.82, 2.24) is 4.90 Å². The molecule has 6 heteroatoms. The summed E-state index contributed by atoms with van der Waals surface area (Å²) < 4.78 is 0. The van der Waals surface area contributed by atoms with E-state index < -0.39 is 12.0 Å². The Hall–Kier alpha value is -1.04. The SMILES string of the molecule is CCC(CSC(C)=O)C(=O)N1CCC[C@H]1C(=O)O. The Balaban J connectivity index is 2.65. The van der Waals surface area contributed by atoms with Crippen LogP contribution >= 0.6 is 11.8 Å². The number of hydrogen-bond donors (Lipinski definition) is 1. The third kappa shape index (κ3) is 3.73. The van der Waals surface area contributed by atoms with E-state index >= 15 is 0 Å². The predicted molar refractivity (Wildman–Crippen MR) is 69.3 cm³/mol. The number of carboxylic acid groups (broad SMARTS) is 1. The number of amides is 1. The van der Waals surface area contributed by atoms with Crippen LogP contribution < -0.4 is 0 Å². The molecule has 1 N–H and O–H groups in total. The van der Waals surface area contributed by atoms with E-state index in [-0.39, 0.29) is 16.9 Å². The molecule has 0 aromatic heterocycles. The second-order valence-electron chi connectivity index (χ2n) is 4.44. The molecule has 0 aromatic carbocycles. The van der Waals surface area contributed by atoms with Crippen molar-refractivity contribution in [3.63, 3.8) is 0 Å². The summed E-state index contributed by atoms with van der Waals surface area (Å²) in [6, 6.07) is -0.686. The molecule has 1 unspecified atom stereocenters. The summed E-state index contributed by atoms with van der Waals surface area (Å²) in [6.45, 7) is 3.86. The van der Waals surface area contributed by atoms with Gasteiger partial charge in [-0.15, -0.1) is 0 Å². The number of nitrogens with zero attached hydrogens (tertiary/aromatic N) is 1. The van der Waals surface area contributed by atoms with Crippen LogP contribution in [-0.2, 0) is 14.4 Å². The number of aliphatic carboxylic acids is 1. The molecular weight excluding hydrogens is 254 g/mol. The van der Waals surface area contributed by atoms with Crippen molar-refractivity contribution in [3.05, 3.63) is 0 Å². The summed E-state index contributed by atoms with van der Waals surface area (Å²) in [5, 5.41) is 9.04. The van der Waals surface area contributed by atoms with Gasteiger partial charge < -0.3 is 10.0 Å². The number of hydrogen-bond acceptors (Lipinski definition) is 4. The molecule has 1 fully saturated rings. The van der Waals surface area contributed by atoms with Gasteiger partial charge in [0.05, 0.1) is 0 Å². The van der Waals surface area contributed by atoms with E-state index in [9.17, 15) is 14.4 Å². The molecule has 102 valence electrons. The number of carbonyl (C=O) groups is 3. The fourth-order valence-electron chi connectivity index (χ4n) is 2.10. The lowest BCUT2D eigenvalue weighted by Crippen LogP contribution is -2.44. The number of likely N-dealkylation sites (tertiary alicyclic amines) is 1. The van der Waals surface area contributed by atoms with Crippen LogP contribution in [0.15, 0.2) is 0 Å². The molecule has 5 nitrogen and oxygen atoms in total. The minimum atomic E-state index is -0.935. The second kappa shape index (κ2) is 6.78. The zero-order valence-electron chi connectivity index (χ0n) is 10.7. The molecule has 0 saturated carbocycles. The number of carbonyl (C=O) groups excluding carboxylic acids is 2. The maximum Gasteiger partial charge on any atom is 0.326 e. The van der Waals surface area contributed by atoms with E-state index in [0.717, 1.165) is 18.2 Å². The fourth-order valence-corrected chi connectivity index (χ4v) is 2.92.